The number of carbonyl (C=O) groups excluding carboxylic acids is 3. The number of piperidine rings is 1. The summed E-state index contributed by atoms with van der Waals surface area (Å²) >= 11 is 0. The molecule has 2 amide bonds. The summed E-state index contributed by atoms with van der Waals surface area (Å²) in [4.78, 5) is 40.0. The van der Waals surface area contributed by atoms with Crippen molar-refractivity contribution in [1.82, 2.24) is 10.2 Å². The van der Waals surface area contributed by atoms with Gasteiger partial charge in [-0.1, -0.05) is 30.3 Å². The third-order valence-corrected chi connectivity index (χ3v) is 5.61. The predicted molar refractivity (Wildman–Crippen MR) is 113 cm³/mol. The SMILES string of the molecule is CCOC(=O)C1(NC(=O)OCc2ccccc2)CC2CCC(C1)N2C(=O)OC(C)(C)C. The molecule has 0 spiro atoms. The number of carbonyl (C=O) groups is 3. The van der Waals surface area contributed by atoms with Crippen LogP contribution in [0.3, 0.4) is 0 Å². The molecular weight excluding hydrogens is 400 g/mol. The van der Waals surface area contributed by atoms with E-state index in [2.05, 4.69) is 5.32 Å². The number of nitrogens with zero attached hydrogens (tertiary/aromatic N) is 1. The molecule has 170 valence electrons. The number of benzene rings is 1. The Bertz CT molecular complexity index is 790. The van der Waals surface area contributed by atoms with E-state index in [4.69, 9.17) is 14.2 Å². The summed E-state index contributed by atoms with van der Waals surface area (Å²) in [6, 6.07) is 8.89. The van der Waals surface area contributed by atoms with Crippen LogP contribution < -0.4 is 5.32 Å². The molecule has 31 heavy (non-hydrogen) atoms. The highest BCUT2D eigenvalue weighted by Gasteiger charge is 2.56. The lowest BCUT2D eigenvalue weighted by Crippen LogP contribution is -2.64. The molecule has 2 saturated heterocycles. The fourth-order valence-corrected chi connectivity index (χ4v) is 4.41. The van der Waals surface area contributed by atoms with Gasteiger partial charge in [0.05, 0.1) is 6.61 Å². The van der Waals surface area contributed by atoms with Crippen molar-refractivity contribution in [2.45, 2.75) is 83.2 Å². The number of nitrogens with one attached hydrogen (secondary N) is 1. The van der Waals surface area contributed by atoms with Gasteiger partial charge in [-0.15, -0.1) is 0 Å². The molecule has 2 bridgehead atoms. The maximum Gasteiger partial charge on any atom is 0.410 e. The maximum atomic E-state index is 12.9. The van der Waals surface area contributed by atoms with E-state index < -0.39 is 23.2 Å². The molecule has 1 N–H and O–H groups in total. The quantitative estimate of drug-likeness (QED) is 0.562. The molecule has 0 aromatic heterocycles. The van der Waals surface area contributed by atoms with Crippen LogP contribution in [0.25, 0.3) is 0 Å². The molecule has 2 atom stereocenters. The van der Waals surface area contributed by atoms with Crippen LogP contribution in [-0.2, 0) is 25.6 Å². The monoisotopic (exact) mass is 432 g/mol. The fourth-order valence-electron chi connectivity index (χ4n) is 4.41. The molecule has 0 saturated carbocycles. The van der Waals surface area contributed by atoms with Crippen molar-refractivity contribution in [2.75, 3.05) is 6.61 Å². The number of amides is 2. The van der Waals surface area contributed by atoms with Crippen LogP contribution in [0.15, 0.2) is 30.3 Å². The first-order chi connectivity index (χ1) is 14.6. The van der Waals surface area contributed by atoms with Gasteiger partial charge >= 0.3 is 18.2 Å². The standard InChI is InChI=1S/C23H32N2O6/c1-5-29-19(26)23(24-20(27)30-15-16-9-7-6-8-10-16)13-17-11-12-18(14-23)25(17)21(28)31-22(2,3)4/h6-10,17-18H,5,11-15H2,1-4H3,(H,24,27). The van der Waals surface area contributed by atoms with Crippen molar-refractivity contribution in [3.8, 4) is 0 Å². The second-order valence-electron chi connectivity index (χ2n) is 9.17. The number of rotatable bonds is 5. The molecule has 1 aromatic carbocycles. The Labute approximate surface area is 183 Å². The highest BCUT2D eigenvalue weighted by atomic mass is 16.6. The second-order valence-corrected chi connectivity index (χ2v) is 9.17. The van der Waals surface area contributed by atoms with Crippen molar-refractivity contribution < 1.29 is 28.6 Å². The molecule has 8 nitrogen and oxygen atoms in total. The molecule has 2 aliphatic heterocycles. The van der Waals surface area contributed by atoms with Gasteiger partial charge in [-0.3, -0.25) is 0 Å². The number of hydrogen-bond acceptors (Lipinski definition) is 6. The molecule has 2 heterocycles. The lowest BCUT2D eigenvalue weighted by atomic mass is 9.83. The average Bonchev–Trinajstić information content (AvgIpc) is 2.98. The number of ether oxygens (including phenoxy) is 3. The Hall–Kier alpha value is -2.77. The number of esters is 1. The predicted octanol–water partition coefficient (Wildman–Crippen LogP) is 3.78. The van der Waals surface area contributed by atoms with E-state index in [0.29, 0.717) is 0 Å². The summed E-state index contributed by atoms with van der Waals surface area (Å²) in [7, 11) is 0. The zero-order valence-electron chi connectivity index (χ0n) is 18.7. The maximum absolute atomic E-state index is 12.9. The highest BCUT2D eigenvalue weighted by molar-refractivity contribution is 5.86. The van der Waals surface area contributed by atoms with Gasteiger partial charge in [0, 0.05) is 24.9 Å². The van der Waals surface area contributed by atoms with Gasteiger partial charge in [0.15, 0.2) is 0 Å². The van der Waals surface area contributed by atoms with Gasteiger partial charge in [-0.2, -0.15) is 0 Å². The molecular formula is C23H32N2O6. The number of alkyl carbamates (subject to hydrolysis) is 1. The summed E-state index contributed by atoms with van der Waals surface area (Å²) in [6.45, 7) is 7.50. The molecule has 2 fully saturated rings. The van der Waals surface area contributed by atoms with Crippen LogP contribution in [0.2, 0.25) is 0 Å². The lowest BCUT2D eigenvalue weighted by Gasteiger charge is -2.44. The summed E-state index contributed by atoms with van der Waals surface area (Å²) in [5.41, 5.74) is -0.984. The van der Waals surface area contributed by atoms with Gasteiger partial charge in [0.2, 0.25) is 0 Å². The molecule has 8 heteroatoms. The van der Waals surface area contributed by atoms with E-state index in [-0.39, 0.29) is 44.2 Å². The normalized spacial score (nSPS) is 25.0. The van der Waals surface area contributed by atoms with Crippen molar-refractivity contribution in [3.05, 3.63) is 35.9 Å². The van der Waals surface area contributed by atoms with Crippen LogP contribution in [-0.4, -0.2) is 52.9 Å². The van der Waals surface area contributed by atoms with E-state index in [1.165, 1.54) is 0 Å². The van der Waals surface area contributed by atoms with E-state index >= 15 is 0 Å². The minimum absolute atomic E-state index is 0.0997. The van der Waals surface area contributed by atoms with Crippen LogP contribution in [0.5, 0.6) is 0 Å². The minimum Gasteiger partial charge on any atom is -0.464 e. The second kappa shape index (κ2) is 9.16. The smallest absolute Gasteiger partial charge is 0.410 e. The third kappa shape index (κ3) is 5.48. The van der Waals surface area contributed by atoms with Gasteiger partial charge in [-0.05, 0) is 46.1 Å². The molecule has 1 aromatic rings. The topological polar surface area (TPSA) is 94.2 Å². The Morgan fingerprint density at radius 2 is 1.68 bits per heavy atom. The van der Waals surface area contributed by atoms with E-state index in [9.17, 15) is 14.4 Å². The summed E-state index contributed by atoms with van der Waals surface area (Å²) in [5, 5.41) is 2.78. The largest absolute Gasteiger partial charge is 0.464 e. The first-order valence-corrected chi connectivity index (χ1v) is 10.8. The lowest BCUT2D eigenvalue weighted by molar-refractivity contribution is -0.154. The molecule has 0 aliphatic carbocycles. The average molecular weight is 433 g/mol. The van der Waals surface area contributed by atoms with E-state index in [1.807, 2.05) is 51.1 Å². The van der Waals surface area contributed by atoms with Gasteiger partial charge in [-0.25, -0.2) is 14.4 Å². The zero-order valence-corrected chi connectivity index (χ0v) is 18.7. The first kappa shape index (κ1) is 22.9. The van der Waals surface area contributed by atoms with Crippen LogP contribution in [0, 0.1) is 0 Å². The third-order valence-electron chi connectivity index (χ3n) is 5.61. The van der Waals surface area contributed by atoms with Crippen LogP contribution >= 0.6 is 0 Å². The fraction of sp³-hybridized carbons (Fsp3) is 0.609. The van der Waals surface area contributed by atoms with Gasteiger partial charge in [0.25, 0.3) is 0 Å². The number of fused-ring (bicyclic) bond motifs is 2. The highest BCUT2D eigenvalue weighted by Crippen LogP contribution is 2.42. The number of hydrogen-bond donors (Lipinski definition) is 1. The van der Waals surface area contributed by atoms with E-state index in [0.717, 1.165) is 18.4 Å². The molecule has 3 rings (SSSR count). The van der Waals surface area contributed by atoms with Crippen molar-refractivity contribution >= 4 is 18.2 Å². The Morgan fingerprint density at radius 1 is 1.06 bits per heavy atom. The Balaban J connectivity index is 1.72. The van der Waals surface area contributed by atoms with Crippen molar-refractivity contribution in [3.63, 3.8) is 0 Å². The molecule has 0 radical (unpaired) electrons. The summed E-state index contributed by atoms with van der Waals surface area (Å²) in [6.07, 6.45) is 0.952. The van der Waals surface area contributed by atoms with Gasteiger partial charge < -0.3 is 24.4 Å². The van der Waals surface area contributed by atoms with Crippen LogP contribution in [0.1, 0.15) is 58.9 Å². The summed E-state index contributed by atoms with van der Waals surface area (Å²) < 4.78 is 16.2. The zero-order chi connectivity index (χ0) is 22.6. The minimum atomic E-state index is -1.23. The van der Waals surface area contributed by atoms with Crippen molar-refractivity contribution in [1.29, 1.82) is 0 Å². The van der Waals surface area contributed by atoms with Crippen molar-refractivity contribution in [2.24, 2.45) is 0 Å². The molecule has 2 unspecified atom stereocenters. The van der Waals surface area contributed by atoms with Gasteiger partial charge in [0.1, 0.15) is 17.7 Å². The summed E-state index contributed by atoms with van der Waals surface area (Å²) in [5.74, 6) is -0.493. The van der Waals surface area contributed by atoms with Crippen LogP contribution in [0.4, 0.5) is 9.59 Å². The van der Waals surface area contributed by atoms with E-state index in [1.54, 1.807) is 11.8 Å². The molecule has 2 aliphatic rings. The Kier molecular flexibility index (Phi) is 6.77. The first-order valence-electron chi connectivity index (χ1n) is 10.8. The Morgan fingerprint density at radius 3 is 2.23 bits per heavy atom.